The Hall–Kier alpha value is -2.07. The highest BCUT2D eigenvalue weighted by Crippen LogP contribution is 2.21. The van der Waals surface area contributed by atoms with Crippen LogP contribution in [0.1, 0.15) is 24.2 Å². The average Bonchev–Trinajstić information content (AvgIpc) is 2.42. The van der Waals surface area contributed by atoms with Crippen molar-refractivity contribution in [2.45, 2.75) is 19.5 Å². The molecule has 1 aromatic carbocycles. The van der Waals surface area contributed by atoms with Gasteiger partial charge in [0.1, 0.15) is 0 Å². The number of nitrogens with zero attached hydrogens (tertiary/aromatic N) is 2. The summed E-state index contributed by atoms with van der Waals surface area (Å²) in [7, 11) is 3.91. The number of hydrogen-bond donors (Lipinski definition) is 1. The van der Waals surface area contributed by atoms with Crippen molar-refractivity contribution in [2.24, 2.45) is 0 Å². The maximum absolute atomic E-state index is 11.7. The highest BCUT2D eigenvalue weighted by atomic mass is 16.3. The second kappa shape index (κ2) is 5.92. The van der Waals surface area contributed by atoms with E-state index in [-0.39, 0.29) is 17.2 Å². The molecule has 4 nitrogen and oxygen atoms in total. The summed E-state index contributed by atoms with van der Waals surface area (Å²) < 4.78 is 1.95. The second-order valence-corrected chi connectivity index (χ2v) is 5.25. The zero-order chi connectivity index (χ0) is 14.7. The molecule has 0 radical (unpaired) electrons. The molecule has 1 atom stereocenters. The molecule has 1 unspecified atom stereocenters. The normalized spacial score (nSPS) is 12.6. The van der Waals surface area contributed by atoms with Crippen LogP contribution in [-0.4, -0.2) is 28.7 Å². The molecule has 0 fully saturated rings. The van der Waals surface area contributed by atoms with Crippen LogP contribution in [0, 0.1) is 0 Å². The van der Waals surface area contributed by atoms with Crippen molar-refractivity contribution in [3.8, 4) is 5.75 Å². The molecule has 2 rings (SSSR count). The van der Waals surface area contributed by atoms with Gasteiger partial charge in [0.15, 0.2) is 5.75 Å². The fourth-order valence-corrected chi connectivity index (χ4v) is 2.28. The Morgan fingerprint density at radius 3 is 2.50 bits per heavy atom. The van der Waals surface area contributed by atoms with Gasteiger partial charge in [-0.05, 0) is 26.6 Å². The monoisotopic (exact) mass is 272 g/mol. The minimum atomic E-state index is -0.335. The van der Waals surface area contributed by atoms with Crippen LogP contribution in [0.25, 0.3) is 0 Å². The van der Waals surface area contributed by atoms with E-state index in [9.17, 15) is 9.90 Å². The molecular formula is C16H20N2O2. The smallest absolute Gasteiger partial charge is 0.223 e. The first-order chi connectivity index (χ1) is 9.49. The van der Waals surface area contributed by atoms with Gasteiger partial charge in [0.2, 0.25) is 5.43 Å². The molecule has 106 valence electrons. The van der Waals surface area contributed by atoms with E-state index in [1.54, 1.807) is 0 Å². The van der Waals surface area contributed by atoms with Gasteiger partial charge in [-0.3, -0.25) is 4.79 Å². The Morgan fingerprint density at radius 1 is 1.25 bits per heavy atom. The molecule has 0 saturated carbocycles. The van der Waals surface area contributed by atoms with Gasteiger partial charge in [-0.25, -0.2) is 0 Å². The Labute approximate surface area is 118 Å². The number of hydrogen-bond acceptors (Lipinski definition) is 3. The summed E-state index contributed by atoms with van der Waals surface area (Å²) in [6.07, 6.45) is 1.53. The number of aromatic nitrogens is 1. The third-order valence-electron chi connectivity index (χ3n) is 3.32. The van der Waals surface area contributed by atoms with E-state index < -0.39 is 0 Å². The molecule has 0 aliphatic heterocycles. The van der Waals surface area contributed by atoms with Crippen molar-refractivity contribution in [3.05, 3.63) is 64.1 Å². The van der Waals surface area contributed by atoms with Gasteiger partial charge in [0.25, 0.3) is 0 Å². The molecule has 20 heavy (non-hydrogen) atoms. The summed E-state index contributed by atoms with van der Waals surface area (Å²) >= 11 is 0. The number of rotatable bonds is 4. The zero-order valence-corrected chi connectivity index (χ0v) is 12.1. The largest absolute Gasteiger partial charge is 0.503 e. The fraction of sp³-hybridized carbons (Fsp3) is 0.312. The van der Waals surface area contributed by atoms with E-state index in [4.69, 9.17) is 0 Å². The van der Waals surface area contributed by atoms with Gasteiger partial charge in [0.05, 0.1) is 12.2 Å². The Balaban J connectivity index is 2.49. The highest BCUT2D eigenvalue weighted by Gasteiger charge is 2.13. The topological polar surface area (TPSA) is 45.5 Å². The molecule has 1 heterocycles. The summed E-state index contributed by atoms with van der Waals surface area (Å²) in [4.78, 5) is 13.7. The van der Waals surface area contributed by atoms with E-state index >= 15 is 0 Å². The van der Waals surface area contributed by atoms with Gasteiger partial charge in [0, 0.05) is 18.3 Å². The van der Waals surface area contributed by atoms with Gasteiger partial charge in [-0.2, -0.15) is 0 Å². The minimum absolute atomic E-state index is 0.0534. The molecule has 0 aliphatic rings. The third kappa shape index (κ3) is 3.08. The van der Waals surface area contributed by atoms with Crippen LogP contribution in [0.4, 0.5) is 0 Å². The molecule has 0 aliphatic carbocycles. The van der Waals surface area contributed by atoms with E-state index in [0.29, 0.717) is 6.54 Å². The molecule has 0 amide bonds. The van der Waals surface area contributed by atoms with Crippen molar-refractivity contribution in [1.29, 1.82) is 0 Å². The SMILES string of the molecule is CC(c1ccccc1)n1cc(O)c(=O)cc1CN(C)C. The predicted octanol–water partition coefficient (Wildman–Crippen LogP) is 2.22. The summed E-state index contributed by atoms with van der Waals surface area (Å²) in [6.45, 7) is 2.70. The maximum Gasteiger partial charge on any atom is 0.223 e. The first-order valence-electron chi connectivity index (χ1n) is 6.62. The lowest BCUT2D eigenvalue weighted by molar-refractivity contribution is 0.377. The molecule has 1 aromatic heterocycles. The lowest BCUT2D eigenvalue weighted by atomic mass is 10.1. The van der Waals surface area contributed by atoms with E-state index in [1.807, 2.05) is 53.9 Å². The minimum Gasteiger partial charge on any atom is -0.503 e. The predicted molar refractivity (Wildman–Crippen MR) is 80.0 cm³/mol. The first kappa shape index (κ1) is 14.3. The average molecular weight is 272 g/mol. The molecule has 2 aromatic rings. The molecular weight excluding hydrogens is 252 g/mol. The second-order valence-electron chi connectivity index (χ2n) is 5.25. The lowest BCUT2D eigenvalue weighted by Gasteiger charge is -2.23. The standard InChI is InChI=1S/C16H20N2O2/c1-12(13-7-5-4-6-8-13)18-11-16(20)15(19)9-14(18)10-17(2)3/h4-9,11-12,20H,10H2,1-3H3. The lowest BCUT2D eigenvalue weighted by Crippen LogP contribution is -2.21. The van der Waals surface area contributed by atoms with E-state index in [0.717, 1.165) is 11.3 Å². The molecule has 0 spiro atoms. The quantitative estimate of drug-likeness (QED) is 0.928. The number of pyridine rings is 1. The van der Waals surface area contributed by atoms with Crippen molar-refractivity contribution < 1.29 is 5.11 Å². The van der Waals surface area contributed by atoms with Gasteiger partial charge in [-0.15, -0.1) is 0 Å². The summed E-state index contributed by atoms with van der Waals surface area (Å²) in [5.41, 5.74) is 1.68. The number of aromatic hydroxyl groups is 1. The van der Waals surface area contributed by atoms with Crippen LogP contribution < -0.4 is 5.43 Å². The molecule has 4 heteroatoms. The fourth-order valence-electron chi connectivity index (χ4n) is 2.28. The Kier molecular flexibility index (Phi) is 4.25. The first-order valence-corrected chi connectivity index (χ1v) is 6.62. The van der Waals surface area contributed by atoms with Gasteiger partial charge < -0.3 is 14.6 Å². The van der Waals surface area contributed by atoms with Crippen LogP contribution in [0.2, 0.25) is 0 Å². The molecule has 0 saturated heterocycles. The Morgan fingerprint density at radius 2 is 1.90 bits per heavy atom. The summed E-state index contributed by atoms with van der Waals surface area (Å²) in [6, 6.07) is 11.6. The van der Waals surface area contributed by atoms with Crippen LogP contribution in [0.3, 0.4) is 0 Å². The van der Waals surface area contributed by atoms with E-state index in [1.165, 1.54) is 12.3 Å². The zero-order valence-electron chi connectivity index (χ0n) is 12.1. The van der Waals surface area contributed by atoms with Crippen molar-refractivity contribution >= 4 is 0 Å². The van der Waals surface area contributed by atoms with Gasteiger partial charge >= 0.3 is 0 Å². The van der Waals surface area contributed by atoms with E-state index in [2.05, 4.69) is 6.92 Å². The number of benzene rings is 1. The van der Waals surface area contributed by atoms with Crippen molar-refractivity contribution in [3.63, 3.8) is 0 Å². The van der Waals surface area contributed by atoms with Crippen molar-refractivity contribution in [1.82, 2.24) is 9.47 Å². The molecule has 1 N–H and O–H groups in total. The third-order valence-corrected chi connectivity index (χ3v) is 3.32. The van der Waals surface area contributed by atoms with Crippen LogP contribution >= 0.6 is 0 Å². The summed E-state index contributed by atoms with van der Waals surface area (Å²) in [5.74, 6) is -0.213. The van der Waals surface area contributed by atoms with Crippen LogP contribution in [0.15, 0.2) is 47.4 Å². The summed E-state index contributed by atoms with van der Waals surface area (Å²) in [5, 5.41) is 9.71. The van der Waals surface area contributed by atoms with Crippen LogP contribution in [0.5, 0.6) is 5.75 Å². The highest BCUT2D eigenvalue weighted by molar-refractivity contribution is 5.25. The Bertz CT molecular complexity index is 633. The van der Waals surface area contributed by atoms with Gasteiger partial charge in [-0.1, -0.05) is 30.3 Å². The van der Waals surface area contributed by atoms with Crippen molar-refractivity contribution in [2.75, 3.05) is 14.1 Å². The molecule has 0 bridgehead atoms. The maximum atomic E-state index is 11.7. The van der Waals surface area contributed by atoms with Crippen LogP contribution in [-0.2, 0) is 6.54 Å².